The van der Waals surface area contributed by atoms with Crippen molar-refractivity contribution in [1.29, 1.82) is 0 Å². The number of carbonyl (C=O) groups excluding carboxylic acids is 1. The molecule has 0 bridgehead atoms. The number of nitrogens with zero attached hydrogens (tertiary/aromatic N) is 1. The van der Waals surface area contributed by atoms with Crippen molar-refractivity contribution in [2.24, 2.45) is 11.7 Å². The smallest absolute Gasteiger partial charge is 0.335 e. The molecule has 1 saturated heterocycles. The Morgan fingerprint density at radius 1 is 1.41 bits per heavy atom. The topological polar surface area (TPSA) is 76.5 Å². The molecule has 2 rings (SSSR count). The van der Waals surface area contributed by atoms with E-state index in [9.17, 15) is 9.59 Å². The molecule has 1 fully saturated rings. The van der Waals surface area contributed by atoms with Crippen LogP contribution in [0.4, 0.5) is 0 Å². The second kappa shape index (κ2) is 5.14. The second-order valence-corrected chi connectivity index (χ2v) is 4.31. The highest BCUT2D eigenvalue weighted by molar-refractivity contribution is 5.93. The Hall–Kier alpha value is -1.62. The summed E-state index contributed by atoms with van der Waals surface area (Å²) in [6.07, 6.45) is 3.11. The summed E-state index contributed by atoms with van der Waals surface area (Å²) in [4.78, 5) is 24.6. The van der Waals surface area contributed by atoms with Crippen molar-refractivity contribution in [3.05, 3.63) is 34.4 Å². The minimum absolute atomic E-state index is 0.0794. The van der Waals surface area contributed by atoms with Crippen LogP contribution in [0.25, 0.3) is 0 Å². The van der Waals surface area contributed by atoms with Crippen molar-refractivity contribution in [1.82, 2.24) is 4.90 Å². The number of piperidine rings is 1. The van der Waals surface area contributed by atoms with Crippen LogP contribution in [0.15, 0.2) is 27.6 Å². The number of amides is 1. The molecule has 0 atom stereocenters. The van der Waals surface area contributed by atoms with Crippen molar-refractivity contribution >= 4 is 5.91 Å². The first kappa shape index (κ1) is 11.9. The van der Waals surface area contributed by atoms with Gasteiger partial charge in [-0.05, 0) is 31.4 Å². The van der Waals surface area contributed by atoms with Crippen molar-refractivity contribution < 1.29 is 9.21 Å². The molecule has 0 spiro atoms. The van der Waals surface area contributed by atoms with Crippen LogP contribution in [-0.4, -0.2) is 30.4 Å². The van der Waals surface area contributed by atoms with Crippen LogP contribution < -0.4 is 11.4 Å². The molecule has 17 heavy (non-hydrogen) atoms. The van der Waals surface area contributed by atoms with Gasteiger partial charge in [-0.3, -0.25) is 4.79 Å². The molecule has 5 nitrogen and oxygen atoms in total. The lowest BCUT2D eigenvalue weighted by molar-refractivity contribution is 0.0690. The summed E-state index contributed by atoms with van der Waals surface area (Å²) in [7, 11) is 0. The molecule has 0 saturated carbocycles. The molecule has 1 aromatic rings. The predicted octanol–water partition coefficient (Wildman–Crippen LogP) is 0.451. The number of rotatable bonds is 2. The lowest BCUT2D eigenvalue weighted by Gasteiger charge is -2.31. The van der Waals surface area contributed by atoms with Crippen LogP contribution in [0.5, 0.6) is 0 Å². The maximum absolute atomic E-state index is 12.0. The predicted molar refractivity (Wildman–Crippen MR) is 62.7 cm³/mol. The number of nitrogens with two attached hydrogens (primary N) is 1. The number of hydrogen-bond donors (Lipinski definition) is 1. The van der Waals surface area contributed by atoms with Gasteiger partial charge in [-0.15, -0.1) is 0 Å². The first-order valence-electron chi connectivity index (χ1n) is 5.79. The van der Waals surface area contributed by atoms with Gasteiger partial charge in [0.25, 0.3) is 5.91 Å². The first-order valence-corrected chi connectivity index (χ1v) is 5.79. The van der Waals surface area contributed by atoms with E-state index in [4.69, 9.17) is 5.73 Å². The second-order valence-electron chi connectivity index (χ2n) is 4.31. The van der Waals surface area contributed by atoms with Gasteiger partial charge in [-0.1, -0.05) is 0 Å². The summed E-state index contributed by atoms with van der Waals surface area (Å²) < 4.78 is 4.69. The van der Waals surface area contributed by atoms with Gasteiger partial charge in [0.05, 0.1) is 5.56 Å². The van der Waals surface area contributed by atoms with Crippen LogP contribution in [0.1, 0.15) is 23.2 Å². The third-order valence-electron chi connectivity index (χ3n) is 3.18. The molecule has 2 N–H and O–H groups in total. The van der Waals surface area contributed by atoms with Gasteiger partial charge in [-0.2, -0.15) is 0 Å². The zero-order chi connectivity index (χ0) is 12.3. The summed E-state index contributed by atoms with van der Waals surface area (Å²) in [5, 5.41) is 0. The van der Waals surface area contributed by atoms with E-state index in [1.54, 1.807) is 4.90 Å². The lowest BCUT2D eigenvalue weighted by Crippen LogP contribution is -2.40. The highest BCUT2D eigenvalue weighted by Crippen LogP contribution is 2.17. The average Bonchev–Trinajstić information content (AvgIpc) is 2.39. The van der Waals surface area contributed by atoms with Crippen molar-refractivity contribution in [3.8, 4) is 0 Å². The molecule has 0 aliphatic carbocycles. The normalized spacial score (nSPS) is 17.1. The fourth-order valence-electron chi connectivity index (χ4n) is 2.03. The summed E-state index contributed by atoms with van der Waals surface area (Å²) in [6, 6.07) is 2.77. The van der Waals surface area contributed by atoms with E-state index in [0.717, 1.165) is 25.9 Å². The minimum atomic E-state index is -0.441. The summed E-state index contributed by atoms with van der Waals surface area (Å²) in [5.74, 6) is 0.442. The van der Waals surface area contributed by atoms with Gasteiger partial charge in [0.2, 0.25) is 0 Å². The molecule has 1 aromatic heterocycles. The van der Waals surface area contributed by atoms with Crippen LogP contribution >= 0.6 is 0 Å². The Balaban J connectivity index is 2.01. The molecular formula is C12H16N2O3. The monoisotopic (exact) mass is 236 g/mol. The fraction of sp³-hybridized carbons (Fsp3) is 0.500. The van der Waals surface area contributed by atoms with E-state index in [-0.39, 0.29) is 5.91 Å². The Labute approximate surface area is 99.2 Å². The quantitative estimate of drug-likeness (QED) is 0.808. The van der Waals surface area contributed by atoms with Crippen LogP contribution in [0.2, 0.25) is 0 Å². The summed E-state index contributed by atoms with van der Waals surface area (Å²) in [5.41, 5.74) is 5.58. The Morgan fingerprint density at radius 2 is 2.12 bits per heavy atom. The summed E-state index contributed by atoms with van der Waals surface area (Å²) in [6.45, 7) is 2.13. The number of likely N-dealkylation sites (tertiary alicyclic amines) is 1. The maximum atomic E-state index is 12.0. The third-order valence-corrected chi connectivity index (χ3v) is 3.18. The SMILES string of the molecule is NCC1CCN(C(=O)c2ccc(=O)oc2)CC1. The van der Waals surface area contributed by atoms with Gasteiger partial charge in [-0.25, -0.2) is 4.79 Å². The molecule has 0 radical (unpaired) electrons. The minimum Gasteiger partial charge on any atom is -0.430 e. The number of carbonyl (C=O) groups is 1. The lowest BCUT2D eigenvalue weighted by atomic mass is 9.97. The van der Waals surface area contributed by atoms with Gasteiger partial charge >= 0.3 is 5.63 Å². The molecular weight excluding hydrogens is 220 g/mol. The molecule has 5 heteroatoms. The van der Waals surface area contributed by atoms with Crippen molar-refractivity contribution in [2.45, 2.75) is 12.8 Å². The van der Waals surface area contributed by atoms with E-state index in [0.29, 0.717) is 18.0 Å². The zero-order valence-electron chi connectivity index (χ0n) is 9.59. The van der Waals surface area contributed by atoms with E-state index in [1.807, 2.05) is 0 Å². The maximum Gasteiger partial charge on any atom is 0.335 e. The Bertz CT molecular complexity index is 427. The molecule has 92 valence electrons. The molecule has 1 aliphatic heterocycles. The van der Waals surface area contributed by atoms with Gasteiger partial charge in [0, 0.05) is 19.2 Å². The van der Waals surface area contributed by atoms with Crippen LogP contribution in [0, 0.1) is 5.92 Å². The third kappa shape index (κ3) is 2.74. The van der Waals surface area contributed by atoms with E-state index in [2.05, 4.69) is 4.42 Å². The van der Waals surface area contributed by atoms with E-state index >= 15 is 0 Å². The van der Waals surface area contributed by atoms with E-state index in [1.165, 1.54) is 18.4 Å². The van der Waals surface area contributed by atoms with Crippen molar-refractivity contribution in [3.63, 3.8) is 0 Å². The molecule has 1 amide bonds. The standard InChI is InChI=1S/C12H16N2O3/c13-7-9-3-5-14(6-4-9)12(16)10-1-2-11(15)17-8-10/h1-2,8-9H,3-7,13H2. The fourth-order valence-corrected chi connectivity index (χ4v) is 2.03. The first-order chi connectivity index (χ1) is 8.20. The molecule has 2 heterocycles. The zero-order valence-corrected chi connectivity index (χ0v) is 9.59. The summed E-state index contributed by atoms with van der Waals surface area (Å²) >= 11 is 0. The molecule has 0 unspecified atom stereocenters. The highest BCUT2D eigenvalue weighted by atomic mass is 16.4. The van der Waals surface area contributed by atoms with Gasteiger partial charge in [0.15, 0.2) is 0 Å². The molecule has 0 aromatic carbocycles. The Morgan fingerprint density at radius 3 is 2.65 bits per heavy atom. The van der Waals surface area contributed by atoms with Crippen LogP contribution in [-0.2, 0) is 0 Å². The average molecular weight is 236 g/mol. The highest BCUT2D eigenvalue weighted by Gasteiger charge is 2.23. The molecule has 1 aliphatic rings. The van der Waals surface area contributed by atoms with Gasteiger partial charge < -0.3 is 15.1 Å². The van der Waals surface area contributed by atoms with E-state index < -0.39 is 5.63 Å². The Kier molecular flexibility index (Phi) is 3.58. The van der Waals surface area contributed by atoms with Gasteiger partial charge in [0.1, 0.15) is 6.26 Å². The largest absolute Gasteiger partial charge is 0.430 e. The van der Waals surface area contributed by atoms with Crippen molar-refractivity contribution in [2.75, 3.05) is 19.6 Å². The number of hydrogen-bond acceptors (Lipinski definition) is 4. The van der Waals surface area contributed by atoms with Crippen LogP contribution in [0.3, 0.4) is 0 Å².